The zero-order valence-corrected chi connectivity index (χ0v) is 12.7. The second kappa shape index (κ2) is 7.06. The van der Waals surface area contributed by atoms with Crippen LogP contribution in [0.2, 0.25) is 0 Å². The lowest BCUT2D eigenvalue weighted by Gasteiger charge is -2.23. The lowest BCUT2D eigenvalue weighted by molar-refractivity contribution is -0.908. The van der Waals surface area contributed by atoms with Gasteiger partial charge in [0.25, 0.3) is 0 Å². The number of carbonyl (C=O) groups is 1. The fourth-order valence-electron chi connectivity index (χ4n) is 1.92. The molecule has 2 N–H and O–H groups in total. The molecular weight excluding hydrogens is 361 g/mol. The van der Waals surface area contributed by atoms with Gasteiger partial charge in [-0.3, -0.25) is 0 Å². The molecule has 1 aliphatic heterocycles. The third-order valence-corrected chi connectivity index (χ3v) is 3.98. The Labute approximate surface area is 125 Å². The largest absolute Gasteiger partial charge is 0.507 e. The molecule has 6 heteroatoms. The van der Waals surface area contributed by atoms with Gasteiger partial charge in [0.15, 0.2) is 0 Å². The molecule has 1 aliphatic rings. The molecule has 1 fully saturated rings. The van der Waals surface area contributed by atoms with Crippen LogP contribution < -0.4 is 4.90 Å². The van der Waals surface area contributed by atoms with E-state index in [-0.39, 0.29) is 11.7 Å². The number of aromatic hydroxyl groups is 1. The van der Waals surface area contributed by atoms with Crippen molar-refractivity contribution < 1.29 is 24.3 Å². The Kier molecular flexibility index (Phi) is 5.41. The van der Waals surface area contributed by atoms with Gasteiger partial charge in [-0.2, -0.15) is 0 Å². The number of phenolic OH excluding ortho intramolecular Hbond substituents is 1. The van der Waals surface area contributed by atoms with Crippen molar-refractivity contribution in [3.63, 3.8) is 0 Å². The lowest BCUT2D eigenvalue weighted by atomic mass is 10.2. The molecule has 0 amide bonds. The first-order valence-electron chi connectivity index (χ1n) is 6.24. The van der Waals surface area contributed by atoms with Crippen molar-refractivity contribution in [2.45, 2.75) is 0 Å². The molecule has 1 saturated heterocycles. The highest BCUT2D eigenvalue weighted by Crippen LogP contribution is 2.20. The van der Waals surface area contributed by atoms with Crippen molar-refractivity contribution in [2.24, 2.45) is 0 Å². The summed E-state index contributed by atoms with van der Waals surface area (Å²) in [6.45, 7) is 4.65. The van der Waals surface area contributed by atoms with Crippen molar-refractivity contribution in [2.75, 3.05) is 39.5 Å². The van der Waals surface area contributed by atoms with Gasteiger partial charge in [-0.25, -0.2) is 4.79 Å². The number of esters is 1. The monoisotopic (exact) mass is 378 g/mol. The number of ether oxygens (including phenoxy) is 2. The Bertz CT molecular complexity index is 446. The van der Waals surface area contributed by atoms with Gasteiger partial charge in [0.1, 0.15) is 32.0 Å². The molecule has 0 aromatic heterocycles. The number of phenols is 1. The normalized spacial score (nSPS) is 16.3. The van der Waals surface area contributed by atoms with Crippen LogP contribution in [0.3, 0.4) is 0 Å². The van der Waals surface area contributed by atoms with Crippen molar-refractivity contribution in [3.05, 3.63) is 27.3 Å². The third kappa shape index (κ3) is 4.32. The summed E-state index contributed by atoms with van der Waals surface area (Å²) in [5.41, 5.74) is 0.384. The maximum atomic E-state index is 11.8. The average molecular weight is 378 g/mol. The van der Waals surface area contributed by atoms with E-state index in [1.54, 1.807) is 12.1 Å². The molecule has 2 rings (SSSR count). The first kappa shape index (κ1) is 14.5. The Hall–Kier alpha value is -0.860. The van der Waals surface area contributed by atoms with Gasteiger partial charge in [0.2, 0.25) is 0 Å². The van der Waals surface area contributed by atoms with Gasteiger partial charge in [-0.1, -0.05) is 0 Å². The summed E-state index contributed by atoms with van der Waals surface area (Å²) in [6.07, 6.45) is 0. The van der Waals surface area contributed by atoms with Crippen LogP contribution in [0.1, 0.15) is 10.4 Å². The summed E-state index contributed by atoms with van der Waals surface area (Å²) in [4.78, 5) is 13.2. The van der Waals surface area contributed by atoms with Gasteiger partial charge < -0.3 is 19.5 Å². The Morgan fingerprint density at radius 1 is 1.42 bits per heavy atom. The first-order valence-corrected chi connectivity index (χ1v) is 7.31. The standard InChI is InChI=1S/C13H16INO4/c14-11-2-1-10(9-12(11)16)13(17)19-8-5-15-3-6-18-7-4-15/h1-2,9,16H,3-8H2/p+1. The zero-order valence-electron chi connectivity index (χ0n) is 10.5. The van der Waals surface area contributed by atoms with E-state index >= 15 is 0 Å². The van der Waals surface area contributed by atoms with E-state index in [1.807, 2.05) is 22.6 Å². The maximum absolute atomic E-state index is 11.8. The van der Waals surface area contributed by atoms with Crippen molar-refractivity contribution in [3.8, 4) is 5.75 Å². The fraction of sp³-hybridized carbons (Fsp3) is 0.462. The minimum Gasteiger partial charge on any atom is -0.507 e. The number of nitrogens with one attached hydrogen (secondary N) is 1. The Balaban J connectivity index is 1.78. The molecule has 1 heterocycles. The van der Waals surface area contributed by atoms with Crippen LogP contribution in [0.15, 0.2) is 18.2 Å². The van der Waals surface area contributed by atoms with Gasteiger partial charge in [-0.05, 0) is 40.8 Å². The van der Waals surface area contributed by atoms with Gasteiger partial charge in [0.05, 0.1) is 22.3 Å². The fourth-order valence-corrected chi connectivity index (χ4v) is 2.26. The number of benzene rings is 1. The molecular formula is C13H17INO4+. The van der Waals surface area contributed by atoms with Crippen LogP contribution in [-0.4, -0.2) is 50.5 Å². The summed E-state index contributed by atoms with van der Waals surface area (Å²) in [6, 6.07) is 4.79. The number of halogens is 1. The molecule has 1 aromatic carbocycles. The summed E-state index contributed by atoms with van der Waals surface area (Å²) in [5.74, 6) is -0.284. The average Bonchev–Trinajstić information content (AvgIpc) is 2.43. The van der Waals surface area contributed by atoms with Crippen LogP contribution >= 0.6 is 22.6 Å². The van der Waals surface area contributed by atoms with Crippen LogP contribution in [0.5, 0.6) is 5.75 Å². The summed E-state index contributed by atoms with van der Waals surface area (Å²) >= 11 is 2.01. The zero-order chi connectivity index (χ0) is 13.7. The molecule has 19 heavy (non-hydrogen) atoms. The molecule has 0 unspecified atom stereocenters. The molecule has 0 bridgehead atoms. The van der Waals surface area contributed by atoms with E-state index in [0.29, 0.717) is 15.7 Å². The number of carbonyl (C=O) groups excluding carboxylic acids is 1. The van der Waals surface area contributed by atoms with Crippen LogP contribution in [0, 0.1) is 3.57 Å². The van der Waals surface area contributed by atoms with E-state index in [4.69, 9.17) is 9.47 Å². The second-order valence-corrected chi connectivity index (χ2v) is 5.58. The van der Waals surface area contributed by atoms with E-state index in [9.17, 15) is 9.90 Å². The molecule has 0 saturated carbocycles. The van der Waals surface area contributed by atoms with E-state index < -0.39 is 0 Å². The Morgan fingerprint density at radius 3 is 2.84 bits per heavy atom. The number of morpholine rings is 1. The predicted molar refractivity (Wildman–Crippen MR) is 77.5 cm³/mol. The van der Waals surface area contributed by atoms with Crippen LogP contribution in [0.25, 0.3) is 0 Å². The van der Waals surface area contributed by atoms with Crippen LogP contribution in [0.4, 0.5) is 0 Å². The summed E-state index contributed by atoms with van der Waals surface area (Å²) in [7, 11) is 0. The van der Waals surface area contributed by atoms with Gasteiger partial charge in [-0.15, -0.1) is 0 Å². The predicted octanol–water partition coefficient (Wildman–Crippen LogP) is 0.0687. The Morgan fingerprint density at radius 2 is 2.16 bits per heavy atom. The summed E-state index contributed by atoms with van der Waals surface area (Å²) < 4.78 is 11.2. The smallest absolute Gasteiger partial charge is 0.338 e. The quantitative estimate of drug-likeness (QED) is 0.575. The molecule has 1 aromatic rings. The van der Waals surface area contributed by atoms with E-state index in [1.165, 1.54) is 11.0 Å². The highest BCUT2D eigenvalue weighted by atomic mass is 127. The molecule has 0 atom stereocenters. The van der Waals surface area contributed by atoms with Crippen molar-refractivity contribution in [1.29, 1.82) is 0 Å². The number of hydrogen-bond acceptors (Lipinski definition) is 4. The molecule has 104 valence electrons. The molecule has 0 radical (unpaired) electrons. The van der Waals surface area contributed by atoms with Crippen molar-refractivity contribution in [1.82, 2.24) is 0 Å². The molecule has 5 nitrogen and oxygen atoms in total. The van der Waals surface area contributed by atoms with E-state index in [0.717, 1.165) is 32.8 Å². The topological polar surface area (TPSA) is 60.2 Å². The van der Waals surface area contributed by atoms with E-state index in [2.05, 4.69) is 0 Å². The SMILES string of the molecule is O=C(OCC[NH+]1CCOCC1)c1ccc(I)c(O)c1. The van der Waals surface area contributed by atoms with Gasteiger partial charge >= 0.3 is 5.97 Å². The highest BCUT2D eigenvalue weighted by molar-refractivity contribution is 14.1. The number of hydrogen-bond donors (Lipinski definition) is 2. The maximum Gasteiger partial charge on any atom is 0.338 e. The van der Waals surface area contributed by atoms with Crippen molar-refractivity contribution >= 4 is 28.6 Å². The lowest BCUT2D eigenvalue weighted by Crippen LogP contribution is -3.14. The third-order valence-electron chi connectivity index (χ3n) is 3.07. The number of quaternary nitrogens is 1. The highest BCUT2D eigenvalue weighted by Gasteiger charge is 2.15. The second-order valence-electron chi connectivity index (χ2n) is 4.41. The first-order chi connectivity index (χ1) is 9.16. The molecule has 0 aliphatic carbocycles. The number of rotatable bonds is 4. The van der Waals surface area contributed by atoms with Crippen LogP contribution in [-0.2, 0) is 9.47 Å². The van der Waals surface area contributed by atoms with Gasteiger partial charge in [0, 0.05) is 0 Å². The minimum atomic E-state index is -0.389. The molecule has 0 spiro atoms. The summed E-state index contributed by atoms with van der Waals surface area (Å²) in [5, 5.41) is 9.54. The minimum absolute atomic E-state index is 0.105.